The number of allylic oxidation sites excluding steroid dienone is 1. The number of hydrogen-bond acceptors (Lipinski definition) is 9. The predicted octanol–water partition coefficient (Wildman–Crippen LogP) is 4.32. The normalized spacial score (nSPS) is 26.0. The zero-order chi connectivity index (χ0) is 40.6. The minimum absolute atomic E-state index is 0.0396. The fourth-order valence-corrected chi connectivity index (χ4v) is 8.38. The van der Waals surface area contributed by atoms with Gasteiger partial charge in [-0.1, -0.05) is 37.1 Å². The minimum Gasteiger partial charge on any atom is -0.444 e. The van der Waals surface area contributed by atoms with Crippen molar-refractivity contribution < 1.29 is 55.0 Å². The molecule has 56 heavy (non-hydrogen) atoms. The van der Waals surface area contributed by atoms with Crippen molar-refractivity contribution in [2.75, 3.05) is 6.54 Å². The average Bonchev–Trinajstić information content (AvgIpc) is 3.40. The van der Waals surface area contributed by atoms with E-state index in [1.807, 2.05) is 4.72 Å². The molecular formula is C38H44F3N5O9S. The Morgan fingerprint density at radius 2 is 1.73 bits per heavy atom. The molecule has 14 nitrogen and oxygen atoms in total. The number of hydrogen-bond donors (Lipinski definition) is 3. The summed E-state index contributed by atoms with van der Waals surface area (Å²) in [6, 6.07) is 3.52. The molecule has 302 valence electrons. The van der Waals surface area contributed by atoms with Crippen LogP contribution in [0.2, 0.25) is 0 Å². The number of fused-ring (bicyclic) bond motifs is 3. The van der Waals surface area contributed by atoms with Gasteiger partial charge in [0.1, 0.15) is 46.8 Å². The largest absolute Gasteiger partial charge is 0.444 e. The van der Waals surface area contributed by atoms with E-state index in [-0.39, 0.29) is 38.9 Å². The van der Waals surface area contributed by atoms with E-state index in [1.165, 1.54) is 17.0 Å². The van der Waals surface area contributed by atoms with Crippen LogP contribution in [0.25, 0.3) is 0 Å². The highest BCUT2D eigenvalue weighted by molar-refractivity contribution is 7.90. The Hall–Kier alpha value is -5.13. The molecule has 1 saturated heterocycles. The van der Waals surface area contributed by atoms with Crippen molar-refractivity contribution >= 4 is 39.9 Å². The molecule has 18 heteroatoms. The summed E-state index contributed by atoms with van der Waals surface area (Å²) in [6.07, 6.45) is 3.01. The van der Waals surface area contributed by atoms with E-state index in [4.69, 9.17) is 9.47 Å². The molecular weight excluding hydrogens is 760 g/mol. The van der Waals surface area contributed by atoms with Crippen molar-refractivity contribution in [3.05, 3.63) is 77.1 Å². The van der Waals surface area contributed by atoms with E-state index < -0.39 is 97.5 Å². The first-order valence-electron chi connectivity index (χ1n) is 18.4. The summed E-state index contributed by atoms with van der Waals surface area (Å²) in [5, 5.41) is 5.26. The summed E-state index contributed by atoms with van der Waals surface area (Å²) in [5.41, 5.74) is -1.78. The standard InChI is InChI=1S/C38H44F3N5O9S/c1-37(2,3)55-35(50)42-30-13-8-6-4-5-7-11-23-18-38(23,34(49)44-56(52,53)27-15-24(39)14-25(40)16-27)43-32(47)31-17-26(20-46(31)33(30)48)54-36(51)45-19-22-10-9-12-29(41)28(22)21-45/h7,9-12,14-16,23,26,30-31H,4-6,8,13,17-21H2,1-3H3,(H,42,50)(H,43,47)(H,44,49)/b11-7-/t23-,26+,30-,31-,38-/m0/s1. The first-order chi connectivity index (χ1) is 26.3. The van der Waals surface area contributed by atoms with Gasteiger partial charge < -0.3 is 25.0 Å². The molecule has 5 amide bonds. The van der Waals surface area contributed by atoms with Crippen LogP contribution in [0.5, 0.6) is 0 Å². The van der Waals surface area contributed by atoms with Gasteiger partial charge in [0.05, 0.1) is 18.0 Å². The monoisotopic (exact) mass is 803 g/mol. The quantitative estimate of drug-likeness (QED) is 0.371. The highest BCUT2D eigenvalue weighted by atomic mass is 32.2. The van der Waals surface area contributed by atoms with Crippen LogP contribution in [-0.4, -0.2) is 84.0 Å². The molecule has 0 unspecified atom stereocenters. The number of carbonyl (C=O) groups excluding carboxylic acids is 5. The first-order valence-corrected chi connectivity index (χ1v) is 19.9. The van der Waals surface area contributed by atoms with Crippen LogP contribution in [-0.2, 0) is 47.0 Å². The van der Waals surface area contributed by atoms with Crippen LogP contribution in [0.4, 0.5) is 22.8 Å². The van der Waals surface area contributed by atoms with Crippen LogP contribution in [0.1, 0.15) is 76.8 Å². The van der Waals surface area contributed by atoms with Gasteiger partial charge >= 0.3 is 12.2 Å². The Kier molecular flexibility index (Phi) is 11.4. The molecule has 2 aromatic carbocycles. The number of sulfonamides is 1. The fraction of sp³-hybridized carbons (Fsp3) is 0.500. The van der Waals surface area contributed by atoms with Gasteiger partial charge in [0.15, 0.2) is 0 Å². The smallest absolute Gasteiger partial charge is 0.410 e. The number of nitrogens with zero attached hydrogens (tertiary/aromatic N) is 2. The van der Waals surface area contributed by atoms with Crippen LogP contribution in [0.3, 0.4) is 0 Å². The Labute approximate surface area is 322 Å². The van der Waals surface area contributed by atoms with Gasteiger partial charge in [0.25, 0.3) is 15.9 Å². The van der Waals surface area contributed by atoms with Crippen molar-refractivity contribution in [2.45, 2.75) is 113 Å². The van der Waals surface area contributed by atoms with E-state index in [0.717, 1.165) is 4.90 Å². The van der Waals surface area contributed by atoms with Crippen molar-refractivity contribution in [1.29, 1.82) is 0 Å². The van der Waals surface area contributed by atoms with E-state index in [2.05, 4.69) is 10.6 Å². The summed E-state index contributed by atoms with van der Waals surface area (Å²) in [4.78, 5) is 70.3. The molecule has 3 N–H and O–H groups in total. The maximum absolute atomic E-state index is 14.4. The van der Waals surface area contributed by atoms with Crippen molar-refractivity contribution in [2.24, 2.45) is 5.92 Å². The number of amides is 5. The zero-order valence-corrected chi connectivity index (χ0v) is 31.9. The summed E-state index contributed by atoms with van der Waals surface area (Å²) in [5.74, 6) is -6.26. The molecule has 4 aliphatic rings. The van der Waals surface area contributed by atoms with Gasteiger partial charge in [-0.15, -0.1) is 0 Å². The van der Waals surface area contributed by atoms with Gasteiger partial charge in [-0.3, -0.25) is 19.3 Å². The van der Waals surface area contributed by atoms with Crippen LogP contribution in [0.15, 0.2) is 53.4 Å². The Bertz CT molecular complexity index is 2040. The topological polar surface area (TPSA) is 181 Å². The van der Waals surface area contributed by atoms with Crippen LogP contribution < -0.4 is 15.4 Å². The molecule has 3 aliphatic heterocycles. The second kappa shape index (κ2) is 15.8. The maximum atomic E-state index is 14.4. The van der Waals surface area contributed by atoms with E-state index in [0.29, 0.717) is 55.0 Å². The van der Waals surface area contributed by atoms with Gasteiger partial charge in [-0.25, -0.2) is 35.9 Å². The molecule has 0 aromatic heterocycles. The molecule has 2 aromatic rings. The molecule has 6 rings (SSSR count). The summed E-state index contributed by atoms with van der Waals surface area (Å²) < 4.78 is 81.6. The Balaban J connectivity index is 1.27. The van der Waals surface area contributed by atoms with Crippen LogP contribution >= 0.6 is 0 Å². The lowest BCUT2D eigenvalue weighted by molar-refractivity contribution is -0.141. The lowest BCUT2D eigenvalue weighted by Gasteiger charge is -2.30. The number of ether oxygens (including phenoxy) is 2. The molecule has 1 aliphatic carbocycles. The van der Waals surface area contributed by atoms with Gasteiger partial charge in [0.2, 0.25) is 11.8 Å². The molecule has 2 fully saturated rings. The highest BCUT2D eigenvalue weighted by Crippen LogP contribution is 2.46. The molecule has 1 saturated carbocycles. The summed E-state index contributed by atoms with van der Waals surface area (Å²) >= 11 is 0. The summed E-state index contributed by atoms with van der Waals surface area (Å²) in [7, 11) is -4.82. The van der Waals surface area contributed by atoms with E-state index in [9.17, 15) is 45.6 Å². The number of carbonyl (C=O) groups is 5. The first kappa shape index (κ1) is 40.5. The molecule has 0 bridgehead atoms. The second-order valence-electron chi connectivity index (χ2n) is 15.6. The SMILES string of the molecule is CC(C)(C)OC(=O)N[C@H]1CCCCC/C=C\[C@H]2C[C@]2(C(=O)NS(=O)(=O)c2cc(F)cc(F)c2)NC(=O)[C@@H]2C[C@@H](OC(=O)N3Cc4cccc(F)c4C3)CN2C1=O. The molecule has 3 heterocycles. The fourth-order valence-electron chi connectivity index (χ4n) is 7.30. The zero-order valence-electron chi connectivity index (χ0n) is 31.1. The van der Waals surface area contributed by atoms with Crippen molar-refractivity contribution in [3.63, 3.8) is 0 Å². The lowest BCUT2D eigenvalue weighted by Crippen LogP contribution is -2.58. The number of alkyl carbamates (subject to hydrolysis) is 1. The van der Waals surface area contributed by atoms with Crippen molar-refractivity contribution in [1.82, 2.24) is 25.2 Å². The van der Waals surface area contributed by atoms with Crippen LogP contribution in [0, 0.1) is 23.4 Å². The van der Waals surface area contributed by atoms with E-state index >= 15 is 0 Å². The molecule has 0 radical (unpaired) electrons. The summed E-state index contributed by atoms with van der Waals surface area (Å²) in [6.45, 7) is 4.70. The minimum atomic E-state index is -4.82. The number of rotatable bonds is 5. The number of benzene rings is 2. The Morgan fingerprint density at radius 1 is 1.00 bits per heavy atom. The highest BCUT2D eigenvalue weighted by Gasteiger charge is 2.62. The van der Waals surface area contributed by atoms with Gasteiger partial charge in [-0.2, -0.15) is 0 Å². The number of halogens is 3. The number of nitrogens with one attached hydrogen (secondary N) is 3. The third-order valence-electron chi connectivity index (χ3n) is 10.2. The third kappa shape index (κ3) is 9.11. The van der Waals surface area contributed by atoms with Gasteiger partial charge in [-0.05, 0) is 70.2 Å². The molecule has 5 atom stereocenters. The predicted molar refractivity (Wildman–Crippen MR) is 192 cm³/mol. The average molecular weight is 804 g/mol. The van der Waals surface area contributed by atoms with Gasteiger partial charge in [0, 0.05) is 30.5 Å². The van der Waals surface area contributed by atoms with E-state index in [1.54, 1.807) is 39.0 Å². The maximum Gasteiger partial charge on any atom is 0.410 e. The lowest BCUT2D eigenvalue weighted by atomic mass is 10.0. The third-order valence-corrected chi connectivity index (χ3v) is 11.5. The molecule has 0 spiro atoms. The Morgan fingerprint density at radius 3 is 2.43 bits per heavy atom. The van der Waals surface area contributed by atoms with Crippen molar-refractivity contribution in [3.8, 4) is 0 Å². The second-order valence-corrected chi connectivity index (χ2v) is 17.2.